The molecule has 2 unspecified atom stereocenters. The van der Waals surface area contributed by atoms with E-state index in [0.29, 0.717) is 0 Å². The van der Waals surface area contributed by atoms with Gasteiger partial charge in [-0.2, -0.15) is 0 Å². The molecule has 0 aliphatic heterocycles. The third-order valence-electron chi connectivity index (χ3n) is 2.73. The third kappa shape index (κ3) is 1.50. The van der Waals surface area contributed by atoms with E-state index in [9.17, 15) is 4.79 Å². The summed E-state index contributed by atoms with van der Waals surface area (Å²) < 4.78 is 0. The normalized spacial score (nSPS) is 24.7. The van der Waals surface area contributed by atoms with Crippen LogP contribution in [0.5, 0.6) is 0 Å². The highest BCUT2D eigenvalue weighted by molar-refractivity contribution is 6.32. The standard InChI is InChI=1S/C11H11ClO2/c1-6-3-2-4-7(10(6)12)8-5-9(8)11(13)14/h2-4,8-9H,5H2,1H3,(H,13,14). The zero-order valence-electron chi connectivity index (χ0n) is 7.83. The number of hydrogen-bond donors (Lipinski definition) is 1. The van der Waals surface area contributed by atoms with Crippen molar-refractivity contribution in [3.63, 3.8) is 0 Å². The molecule has 1 saturated carbocycles. The van der Waals surface area contributed by atoms with Gasteiger partial charge >= 0.3 is 5.97 Å². The number of benzene rings is 1. The van der Waals surface area contributed by atoms with Gasteiger partial charge in [0.2, 0.25) is 0 Å². The minimum absolute atomic E-state index is 0.125. The van der Waals surface area contributed by atoms with Crippen molar-refractivity contribution >= 4 is 17.6 Å². The quantitative estimate of drug-likeness (QED) is 0.815. The van der Waals surface area contributed by atoms with Crippen LogP contribution < -0.4 is 0 Å². The second-order valence-electron chi connectivity index (χ2n) is 3.77. The molecule has 3 heteroatoms. The minimum atomic E-state index is -0.715. The number of halogens is 1. The summed E-state index contributed by atoms with van der Waals surface area (Å²) in [6.45, 7) is 1.93. The number of hydrogen-bond acceptors (Lipinski definition) is 1. The second-order valence-corrected chi connectivity index (χ2v) is 4.14. The summed E-state index contributed by atoms with van der Waals surface area (Å²) in [4.78, 5) is 10.7. The van der Waals surface area contributed by atoms with E-state index >= 15 is 0 Å². The van der Waals surface area contributed by atoms with Crippen molar-refractivity contribution in [1.82, 2.24) is 0 Å². The maximum atomic E-state index is 10.7. The molecular weight excluding hydrogens is 200 g/mol. The number of aliphatic carboxylic acids is 1. The van der Waals surface area contributed by atoms with E-state index in [1.807, 2.05) is 25.1 Å². The van der Waals surface area contributed by atoms with Gasteiger partial charge in [0.1, 0.15) is 0 Å². The van der Waals surface area contributed by atoms with Crippen LogP contribution in [-0.2, 0) is 4.79 Å². The highest BCUT2D eigenvalue weighted by Crippen LogP contribution is 2.50. The Morgan fingerprint density at radius 3 is 2.86 bits per heavy atom. The van der Waals surface area contributed by atoms with Gasteiger partial charge in [-0.3, -0.25) is 4.79 Å². The molecule has 2 atom stereocenters. The first-order chi connectivity index (χ1) is 6.61. The first kappa shape index (κ1) is 9.53. The van der Waals surface area contributed by atoms with E-state index in [1.165, 1.54) is 0 Å². The van der Waals surface area contributed by atoms with Gasteiger partial charge in [-0.1, -0.05) is 29.8 Å². The molecular formula is C11H11ClO2. The average molecular weight is 211 g/mol. The number of carboxylic acids is 1. The van der Waals surface area contributed by atoms with Crippen LogP contribution in [0.4, 0.5) is 0 Å². The summed E-state index contributed by atoms with van der Waals surface area (Å²) >= 11 is 6.11. The smallest absolute Gasteiger partial charge is 0.307 e. The average Bonchev–Trinajstić information content (AvgIpc) is 2.89. The monoisotopic (exact) mass is 210 g/mol. The van der Waals surface area contributed by atoms with Gasteiger partial charge in [-0.25, -0.2) is 0 Å². The zero-order chi connectivity index (χ0) is 10.3. The van der Waals surface area contributed by atoms with Crippen molar-refractivity contribution in [3.8, 4) is 0 Å². The zero-order valence-corrected chi connectivity index (χ0v) is 8.58. The Bertz CT molecular complexity index is 387. The molecule has 1 aromatic carbocycles. The molecule has 0 aromatic heterocycles. The highest BCUT2D eigenvalue weighted by atomic mass is 35.5. The first-order valence-electron chi connectivity index (χ1n) is 4.59. The molecule has 0 radical (unpaired) electrons. The van der Waals surface area contributed by atoms with E-state index in [-0.39, 0.29) is 11.8 Å². The summed E-state index contributed by atoms with van der Waals surface area (Å²) in [6, 6.07) is 5.78. The lowest BCUT2D eigenvalue weighted by atomic mass is 10.1. The maximum absolute atomic E-state index is 10.7. The van der Waals surface area contributed by atoms with Crippen molar-refractivity contribution in [1.29, 1.82) is 0 Å². The summed E-state index contributed by atoms with van der Waals surface area (Å²) in [7, 11) is 0. The third-order valence-corrected chi connectivity index (χ3v) is 3.25. The Morgan fingerprint density at radius 2 is 2.29 bits per heavy atom. The molecule has 1 fully saturated rings. The number of aryl methyl sites for hydroxylation is 1. The summed E-state index contributed by atoms with van der Waals surface area (Å²) in [5, 5.41) is 9.53. The summed E-state index contributed by atoms with van der Waals surface area (Å²) in [6.07, 6.45) is 0.721. The molecule has 0 amide bonds. The molecule has 2 nitrogen and oxygen atoms in total. The molecule has 0 heterocycles. The van der Waals surface area contributed by atoms with Gasteiger partial charge in [0.25, 0.3) is 0 Å². The fourth-order valence-electron chi connectivity index (χ4n) is 1.77. The fraction of sp³-hybridized carbons (Fsp3) is 0.364. The Balaban J connectivity index is 2.27. The predicted octanol–water partition coefficient (Wildman–Crippen LogP) is 2.84. The Labute approximate surface area is 87.5 Å². The molecule has 1 aliphatic carbocycles. The van der Waals surface area contributed by atoms with Crippen LogP contribution in [0.15, 0.2) is 18.2 Å². The molecule has 0 bridgehead atoms. The van der Waals surface area contributed by atoms with Gasteiger partial charge in [0.05, 0.1) is 5.92 Å². The summed E-state index contributed by atoms with van der Waals surface area (Å²) in [5.41, 5.74) is 2.00. The first-order valence-corrected chi connectivity index (χ1v) is 4.97. The number of rotatable bonds is 2. The Morgan fingerprint density at radius 1 is 1.57 bits per heavy atom. The van der Waals surface area contributed by atoms with Crippen LogP contribution in [0, 0.1) is 12.8 Å². The fourth-order valence-corrected chi connectivity index (χ4v) is 2.03. The van der Waals surface area contributed by atoms with Crippen molar-refractivity contribution in [3.05, 3.63) is 34.3 Å². The van der Waals surface area contributed by atoms with Gasteiger partial charge in [0.15, 0.2) is 0 Å². The molecule has 0 spiro atoms. The Hall–Kier alpha value is -1.02. The van der Waals surface area contributed by atoms with Crippen LogP contribution in [0.2, 0.25) is 5.02 Å². The van der Waals surface area contributed by atoms with E-state index < -0.39 is 5.97 Å². The molecule has 74 valence electrons. The van der Waals surface area contributed by atoms with Crippen LogP contribution in [0.1, 0.15) is 23.5 Å². The van der Waals surface area contributed by atoms with Crippen molar-refractivity contribution in [2.75, 3.05) is 0 Å². The lowest BCUT2D eigenvalue weighted by Crippen LogP contribution is -1.99. The molecule has 1 aromatic rings. The molecule has 1 N–H and O–H groups in total. The lowest BCUT2D eigenvalue weighted by molar-refractivity contribution is -0.138. The highest BCUT2D eigenvalue weighted by Gasteiger charge is 2.45. The van der Waals surface area contributed by atoms with Gasteiger partial charge in [0, 0.05) is 5.02 Å². The van der Waals surface area contributed by atoms with E-state index in [1.54, 1.807) is 0 Å². The molecule has 14 heavy (non-hydrogen) atoms. The van der Waals surface area contributed by atoms with Crippen molar-refractivity contribution < 1.29 is 9.90 Å². The summed E-state index contributed by atoms with van der Waals surface area (Å²) in [5.74, 6) is -0.818. The van der Waals surface area contributed by atoms with Crippen molar-refractivity contribution in [2.45, 2.75) is 19.3 Å². The van der Waals surface area contributed by atoms with Gasteiger partial charge in [-0.05, 0) is 30.4 Å². The molecule has 2 rings (SSSR count). The lowest BCUT2D eigenvalue weighted by Gasteiger charge is -2.04. The van der Waals surface area contributed by atoms with Crippen LogP contribution in [-0.4, -0.2) is 11.1 Å². The molecule has 1 aliphatic rings. The van der Waals surface area contributed by atoms with E-state index in [2.05, 4.69) is 0 Å². The Kier molecular flexibility index (Phi) is 2.23. The minimum Gasteiger partial charge on any atom is -0.481 e. The number of carboxylic acid groups (broad SMARTS) is 1. The largest absolute Gasteiger partial charge is 0.481 e. The van der Waals surface area contributed by atoms with Crippen LogP contribution >= 0.6 is 11.6 Å². The van der Waals surface area contributed by atoms with Crippen molar-refractivity contribution in [2.24, 2.45) is 5.92 Å². The second kappa shape index (κ2) is 3.28. The maximum Gasteiger partial charge on any atom is 0.307 e. The van der Waals surface area contributed by atoms with Gasteiger partial charge in [-0.15, -0.1) is 0 Å². The van der Waals surface area contributed by atoms with Gasteiger partial charge < -0.3 is 5.11 Å². The van der Waals surface area contributed by atoms with E-state index in [0.717, 1.165) is 22.6 Å². The number of carbonyl (C=O) groups is 1. The van der Waals surface area contributed by atoms with Crippen LogP contribution in [0.25, 0.3) is 0 Å². The predicted molar refractivity (Wildman–Crippen MR) is 54.7 cm³/mol. The SMILES string of the molecule is Cc1cccc(C2CC2C(=O)O)c1Cl. The topological polar surface area (TPSA) is 37.3 Å². The van der Waals surface area contributed by atoms with E-state index in [4.69, 9.17) is 16.7 Å². The van der Waals surface area contributed by atoms with Crippen LogP contribution in [0.3, 0.4) is 0 Å². The molecule has 0 saturated heterocycles.